The van der Waals surface area contributed by atoms with Crippen LogP contribution in [0.2, 0.25) is 0 Å². The second-order valence-electron chi connectivity index (χ2n) is 2.87. The van der Waals surface area contributed by atoms with Crippen LogP contribution in [-0.4, -0.2) is 21.0 Å². The summed E-state index contributed by atoms with van der Waals surface area (Å²) in [5.74, 6) is 1.74. The maximum absolute atomic E-state index is 4.35. The first-order chi connectivity index (χ1) is 6.90. The van der Waals surface area contributed by atoms with Crippen molar-refractivity contribution in [3.05, 3.63) is 42.5 Å². The molecule has 0 fully saturated rings. The fourth-order valence-electron chi connectivity index (χ4n) is 1.20. The molecule has 0 N–H and O–H groups in total. The molecule has 4 heteroatoms. The van der Waals surface area contributed by atoms with E-state index >= 15 is 0 Å². The molecule has 0 spiro atoms. The van der Waals surface area contributed by atoms with E-state index in [-0.39, 0.29) is 0 Å². The van der Waals surface area contributed by atoms with Crippen LogP contribution in [0.25, 0.3) is 5.69 Å². The molecule has 0 aliphatic rings. The number of nitrogens with zero attached hydrogens (tertiary/aromatic N) is 3. The number of aromatic nitrogens is 3. The molecule has 0 amide bonds. The van der Waals surface area contributed by atoms with E-state index in [1.54, 1.807) is 22.8 Å². The Labute approximate surface area is 87.2 Å². The third-order valence-corrected chi connectivity index (χ3v) is 2.38. The molecule has 2 rings (SSSR count). The van der Waals surface area contributed by atoms with Gasteiger partial charge < -0.3 is 0 Å². The van der Waals surface area contributed by atoms with Gasteiger partial charge in [0, 0.05) is 0 Å². The zero-order valence-corrected chi connectivity index (χ0v) is 8.74. The molecule has 14 heavy (non-hydrogen) atoms. The Kier molecular flexibility index (Phi) is 2.84. The smallest absolute Gasteiger partial charge is 0.160 e. The predicted octanol–water partition coefficient (Wildman–Crippen LogP) is 2.13. The molecule has 0 aliphatic heterocycles. The van der Waals surface area contributed by atoms with Crippen molar-refractivity contribution in [3.63, 3.8) is 0 Å². The highest BCUT2D eigenvalue weighted by atomic mass is 32.2. The molecule has 1 heterocycles. The third-order valence-electron chi connectivity index (χ3n) is 1.83. The van der Waals surface area contributed by atoms with Crippen molar-refractivity contribution in [2.24, 2.45) is 0 Å². The molecule has 0 bridgehead atoms. The van der Waals surface area contributed by atoms with Gasteiger partial charge in [-0.3, -0.25) is 0 Å². The first kappa shape index (κ1) is 9.27. The Morgan fingerprint density at radius 3 is 2.79 bits per heavy atom. The van der Waals surface area contributed by atoms with Crippen LogP contribution in [0.5, 0.6) is 0 Å². The predicted molar refractivity (Wildman–Crippen MR) is 58.6 cm³/mol. The van der Waals surface area contributed by atoms with Gasteiger partial charge in [-0.2, -0.15) is 16.9 Å². The molecule has 0 atom stereocenters. The molecule has 3 nitrogen and oxygen atoms in total. The molecule has 0 radical (unpaired) electrons. The maximum Gasteiger partial charge on any atom is 0.160 e. The number of para-hydroxylation sites is 1. The van der Waals surface area contributed by atoms with Crippen LogP contribution in [0.1, 0.15) is 5.82 Å². The lowest BCUT2D eigenvalue weighted by Crippen LogP contribution is -1.94. The van der Waals surface area contributed by atoms with Crippen LogP contribution in [0.15, 0.2) is 36.7 Å². The Bertz CT molecular complexity index is 397. The maximum atomic E-state index is 4.35. The molecule has 0 aliphatic carbocycles. The van der Waals surface area contributed by atoms with Crippen LogP contribution in [0, 0.1) is 0 Å². The van der Waals surface area contributed by atoms with Crippen LogP contribution in [-0.2, 0) is 5.75 Å². The minimum Gasteiger partial charge on any atom is -0.221 e. The van der Waals surface area contributed by atoms with E-state index in [0.717, 1.165) is 17.3 Å². The molecule has 0 unspecified atom stereocenters. The lowest BCUT2D eigenvalue weighted by Gasteiger charge is -1.97. The van der Waals surface area contributed by atoms with Crippen LogP contribution < -0.4 is 0 Å². The molecule has 72 valence electrons. The second kappa shape index (κ2) is 4.28. The molecule has 2 aromatic rings. The van der Waals surface area contributed by atoms with Gasteiger partial charge in [0.05, 0.1) is 11.4 Å². The second-order valence-corrected chi connectivity index (χ2v) is 3.74. The molecule has 1 aromatic heterocycles. The fourth-order valence-corrected chi connectivity index (χ4v) is 1.59. The van der Waals surface area contributed by atoms with Gasteiger partial charge in [0.2, 0.25) is 0 Å². The average molecular weight is 205 g/mol. The highest BCUT2D eigenvalue weighted by Crippen LogP contribution is 2.07. The summed E-state index contributed by atoms with van der Waals surface area (Å²) in [6.45, 7) is 0. The van der Waals surface area contributed by atoms with Crippen LogP contribution in [0.4, 0.5) is 0 Å². The number of hydrogen-bond acceptors (Lipinski definition) is 3. The Hall–Kier alpha value is -1.29. The van der Waals surface area contributed by atoms with Crippen molar-refractivity contribution in [2.45, 2.75) is 5.75 Å². The summed E-state index contributed by atoms with van der Waals surface area (Å²) in [6, 6.07) is 9.99. The average Bonchev–Trinajstić information content (AvgIpc) is 2.68. The highest BCUT2D eigenvalue weighted by molar-refractivity contribution is 7.97. The lowest BCUT2D eigenvalue weighted by molar-refractivity contribution is 0.860. The van der Waals surface area contributed by atoms with Crippen molar-refractivity contribution >= 4 is 11.8 Å². The van der Waals surface area contributed by atoms with Gasteiger partial charge in [-0.05, 0) is 18.4 Å². The minimum atomic E-state index is 0.861. The number of benzene rings is 1. The largest absolute Gasteiger partial charge is 0.221 e. The lowest BCUT2D eigenvalue weighted by atomic mass is 10.3. The summed E-state index contributed by atoms with van der Waals surface area (Å²) in [4.78, 5) is 4.21. The van der Waals surface area contributed by atoms with Gasteiger partial charge >= 0.3 is 0 Å². The van der Waals surface area contributed by atoms with E-state index in [2.05, 4.69) is 10.1 Å². The number of hydrogen-bond donors (Lipinski definition) is 0. The molecular weight excluding hydrogens is 194 g/mol. The van der Waals surface area contributed by atoms with Crippen molar-refractivity contribution in [3.8, 4) is 5.69 Å². The van der Waals surface area contributed by atoms with Crippen molar-refractivity contribution in [1.29, 1.82) is 0 Å². The molecule has 1 aromatic carbocycles. The normalized spacial score (nSPS) is 10.4. The van der Waals surface area contributed by atoms with E-state index in [0.29, 0.717) is 0 Å². The van der Waals surface area contributed by atoms with E-state index in [4.69, 9.17) is 0 Å². The zero-order valence-electron chi connectivity index (χ0n) is 7.92. The van der Waals surface area contributed by atoms with E-state index in [1.807, 2.05) is 36.6 Å². The highest BCUT2D eigenvalue weighted by Gasteiger charge is 2.00. The minimum absolute atomic E-state index is 0.861. The molecular formula is C10H11N3S. The Morgan fingerprint density at radius 2 is 2.07 bits per heavy atom. The first-order valence-electron chi connectivity index (χ1n) is 4.35. The van der Waals surface area contributed by atoms with Crippen LogP contribution >= 0.6 is 11.8 Å². The van der Waals surface area contributed by atoms with Gasteiger partial charge in [-0.25, -0.2) is 9.67 Å². The summed E-state index contributed by atoms with van der Waals surface area (Å²) in [5, 5.41) is 4.35. The Balaban J connectivity index is 2.25. The SMILES string of the molecule is CSCc1ncn(-c2ccccc2)n1. The summed E-state index contributed by atoms with van der Waals surface area (Å²) < 4.78 is 1.80. The van der Waals surface area contributed by atoms with E-state index < -0.39 is 0 Å². The van der Waals surface area contributed by atoms with Gasteiger partial charge in [-0.15, -0.1) is 0 Å². The summed E-state index contributed by atoms with van der Waals surface area (Å²) in [7, 11) is 0. The van der Waals surface area contributed by atoms with Gasteiger partial charge in [0.25, 0.3) is 0 Å². The number of rotatable bonds is 3. The summed E-state index contributed by atoms with van der Waals surface area (Å²) >= 11 is 1.72. The van der Waals surface area contributed by atoms with Gasteiger partial charge in [-0.1, -0.05) is 18.2 Å². The fraction of sp³-hybridized carbons (Fsp3) is 0.200. The summed E-state index contributed by atoms with van der Waals surface area (Å²) in [6.07, 6.45) is 3.80. The van der Waals surface area contributed by atoms with Crippen molar-refractivity contribution in [2.75, 3.05) is 6.26 Å². The summed E-state index contributed by atoms with van der Waals surface area (Å²) in [5.41, 5.74) is 1.05. The van der Waals surface area contributed by atoms with Gasteiger partial charge in [0.15, 0.2) is 5.82 Å². The van der Waals surface area contributed by atoms with Crippen molar-refractivity contribution in [1.82, 2.24) is 14.8 Å². The van der Waals surface area contributed by atoms with Crippen LogP contribution in [0.3, 0.4) is 0 Å². The monoisotopic (exact) mass is 205 g/mol. The Morgan fingerprint density at radius 1 is 1.29 bits per heavy atom. The van der Waals surface area contributed by atoms with E-state index in [9.17, 15) is 0 Å². The third kappa shape index (κ3) is 1.96. The molecule has 0 saturated carbocycles. The topological polar surface area (TPSA) is 30.7 Å². The standard InChI is InChI=1S/C10H11N3S/c1-14-7-10-11-8-13(12-10)9-5-3-2-4-6-9/h2-6,8H,7H2,1H3. The first-order valence-corrected chi connectivity index (χ1v) is 5.74. The zero-order chi connectivity index (χ0) is 9.80. The quantitative estimate of drug-likeness (QED) is 0.769. The van der Waals surface area contributed by atoms with E-state index in [1.165, 1.54) is 0 Å². The van der Waals surface area contributed by atoms with Crippen molar-refractivity contribution < 1.29 is 0 Å². The molecule has 0 saturated heterocycles. The number of thioether (sulfide) groups is 1. The van der Waals surface area contributed by atoms with Gasteiger partial charge in [0.1, 0.15) is 6.33 Å².